The minimum absolute atomic E-state index is 0.221. The second-order valence-electron chi connectivity index (χ2n) is 4.76. The highest BCUT2D eigenvalue weighted by atomic mass is 32.2. The van der Waals surface area contributed by atoms with Crippen molar-refractivity contribution in [2.24, 2.45) is 0 Å². The summed E-state index contributed by atoms with van der Waals surface area (Å²) < 4.78 is 5.43. The molecule has 2 rings (SSSR count). The van der Waals surface area contributed by atoms with Crippen LogP contribution < -0.4 is 10.1 Å². The molecule has 0 bridgehead atoms. The number of aliphatic hydroxyl groups is 1. The second kappa shape index (κ2) is 9.33. The first-order valence-electron chi connectivity index (χ1n) is 7.41. The van der Waals surface area contributed by atoms with Crippen molar-refractivity contribution in [1.29, 1.82) is 0 Å². The highest BCUT2D eigenvalue weighted by molar-refractivity contribution is 7.98. The minimum atomic E-state index is 0.221. The molecule has 1 aromatic carbocycles. The van der Waals surface area contributed by atoms with E-state index in [1.54, 1.807) is 11.8 Å². The standard InChI is InChI=1S/C17H22N2O2S/c1-2-21-16-5-3-14(4-6-16)12-19-17-11-15(7-8-18-17)13-22-10-9-20/h3-8,11,20H,2,9-10,12-13H2,1H3,(H,18,19). The molecule has 5 heteroatoms. The normalized spacial score (nSPS) is 10.5. The van der Waals surface area contributed by atoms with Gasteiger partial charge < -0.3 is 15.2 Å². The number of benzene rings is 1. The molecule has 0 radical (unpaired) electrons. The average molecular weight is 318 g/mol. The zero-order valence-electron chi connectivity index (χ0n) is 12.8. The molecule has 118 valence electrons. The smallest absolute Gasteiger partial charge is 0.126 e. The van der Waals surface area contributed by atoms with E-state index in [1.165, 1.54) is 11.1 Å². The average Bonchev–Trinajstić information content (AvgIpc) is 2.55. The molecule has 0 fully saturated rings. The molecule has 0 atom stereocenters. The number of rotatable bonds is 9. The van der Waals surface area contributed by atoms with Crippen LogP contribution in [0.2, 0.25) is 0 Å². The van der Waals surface area contributed by atoms with Crippen LogP contribution in [0.25, 0.3) is 0 Å². The summed E-state index contributed by atoms with van der Waals surface area (Å²) in [4.78, 5) is 4.34. The monoisotopic (exact) mass is 318 g/mol. The second-order valence-corrected chi connectivity index (χ2v) is 5.86. The molecule has 0 aliphatic carbocycles. The summed E-state index contributed by atoms with van der Waals surface area (Å²) in [5.41, 5.74) is 2.40. The maximum Gasteiger partial charge on any atom is 0.126 e. The van der Waals surface area contributed by atoms with E-state index < -0.39 is 0 Å². The highest BCUT2D eigenvalue weighted by Gasteiger charge is 1.99. The third kappa shape index (κ3) is 5.58. The van der Waals surface area contributed by atoms with E-state index in [1.807, 2.05) is 31.3 Å². The lowest BCUT2D eigenvalue weighted by molar-refractivity contribution is 0.322. The lowest BCUT2D eigenvalue weighted by atomic mass is 10.2. The molecular weight excluding hydrogens is 296 g/mol. The Bertz CT molecular complexity index is 561. The summed E-state index contributed by atoms with van der Waals surface area (Å²) >= 11 is 1.72. The Balaban J connectivity index is 1.86. The van der Waals surface area contributed by atoms with Gasteiger partial charge in [-0.05, 0) is 42.3 Å². The summed E-state index contributed by atoms with van der Waals surface area (Å²) in [5.74, 6) is 3.42. The third-order valence-corrected chi connectivity index (χ3v) is 4.05. The first kappa shape index (κ1) is 16.6. The fourth-order valence-electron chi connectivity index (χ4n) is 1.98. The summed E-state index contributed by atoms with van der Waals surface area (Å²) in [7, 11) is 0. The largest absolute Gasteiger partial charge is 0.494 e. The van der Waals surface area contributed by atoms with Gasteiger partial charge in [0.25, 0.3) is 0 Å². The van der Waals surface area contributed by atoms with Crippen LogP contribution in [-0.2, 0) is 12.3 Å². The van der Waals surface area contributed by atoms with Crippen LogP contribution in [0.15, 0.2) is 42.6 Å². The topological polar surface area (TPSA) is 54.4 Å². The van der Waals surface area contributed by atoms with E-state index in [9.17, 15) is 0 Å². The molecule has 1 heterocycles. The maximum atomic E-state index is 8.81. The highest BCUT2D eigenvalue weighted by Crippen LogP contribution is 2.16. The van der Waals surface area contributed by atoms with E-state index >= 15 is 0 Å². The molecule has 0 unspecified atom stereocenters. The van der Waals surface area contributed by atoms with Gasteiger partial charge >= 0.3 is 0 Å². The van der Waals surface area contributed by atoms with Gasteiger partial charge in [-0.15, -0.1) is 0 Å². The Kier molecular flexibility index (Phi) is 7.06. The summed E-state index contributed by atoms with van der Waals surface area (Å²) in [6.07, 6.45) is 1.81. The van der Waals surface area contributed by atoms with Crippen molar-refractivity contribution in [2.75, 3.05) is 24.3 Å². The first-order chi connectivity index (χ1) is 10.8. The molecule has 2 N–H and O–H groups in total. The van der Waals surface area contributed by atoms with Gasteiger partial charge in [-0.25, -0.2) is 4.98 Å². The van der Waals surface area contributed by atoms with Gasteiger partial charge in [0.2, 0.25) is 0 Å². The number of ether oxygens (including phenoxy) is 1. The Labute approximate surface area is 135 Å². The van der Waals surface area contributed by atoms with Gasteiger partial charge in [-0.1, -0.05) is 12.1 Å². The van der Waals surface area contributed by atoms with Crippen molar-refractivity contribution in [2.45, 2.75) is 19.2 Å². The Morgan fingerprint density at radius 2 is 2.00 bits per heavy atom. The van der Waals surface area contributed by atoms with Gasteiger partial charge in [0.1, 0.15) is 11.6 Å². The van der Waals surface area contributed by atoms with Gasteiger partial charge in [0.15, 0.2) is 0 Å². The molecule has 0 saturated carbocycles. The third-order valence-electron chi connectivity index (χ3n) is 3.04. The molecular formula is C17H22N2O2S. The number of pyridine rings is 1. The number of anilines is 1. The number of aliphatic hydroxyl groups excluding tert-OH is 1. The van der Waals surface area contributed by atoms with Gasteiger partial charge in [-0.2, -0.15) is 11.8 Å². The van der Waals surface area contributed by atoms with Crippen molar-refractivity contribution in [3.8, 4) is 5.75 Å². The zero-order valence-corrected chi connectivity index (χ0v) is 13.6. The van der Waals surface area contributed by atoms with Crippen molar-refractivity contribution in [1.82, 2.24) is 4.98 Å². The van der Waals surface area contributed by atoms with E-state index in [0.717, 1.165) is 29.6 Å². The number of nitrogens with zero attached hydrogens (tertiary/aromatic N) is 1. The lowest BCUT2D eigenvalue weighted by Gasteiger charge is -2.08. The molecule has 0 amide bonds. The predicted molar refractivity (Wildman–Crippen MR) is 92.4 cm³/mol. The molecule has 4 nitrogen and oxygen atoms in total. The van der Waals surface area contributed by atoms with Gasteiger partial charge in [-0.3, -0.25) is 0 Å². The molecule has 1 aromatic heterocycles. The zero-order chi connectivity index (χ0) is 15.6. The number of hydrogen-bond acceptors (Lipinski definition) is 5. The van der Waals surface area contributed by atoms with Gasteiger partial charge in [0, 0.05) is 24.2 Å². The number of nitrogens with one attached hydrogen (secondary N) is 1. The van der Waals surface area contributed by atoms with E-state index in [0.29, 0.717) is 6.61 Å². The molecule has 22 heavy (non-hydrogen) atoms. The van der Waals surface area contributed by atoms with E-state index in [4.69, 9.17) is 9.84 Å². The van der Waals surface area contributed by atoms with Crippen molar-refractivity contribution >= 4 is 17.6 Å². The van der Waals surface area contributed by atoms with Crippen LogP contribution in [0.3, 0.4) is 0 Å². The Morgan fingerprint density at radius 3 is 2.73 bits per heavy atom. The van der Waals surface area contributed by atoms with E-state index in [2.05, 4.69) is 28.5 Å². The predicted octanol–water partition coefficient (Wildman–Crippen LogP) is 3.32. The Hall–Kier alpha value is -1.72. The van der Waals surface area contributed by atoms with Crippen LogP contribution in [0.5, 0.6) is 5.75 Å². The van der Waals surface area contributed by atoms with Crippen LogP contribution in [0.4, 0.5) is 5.82 Å². The van der Waals surface area contributed by atoms with Crippen molar-refractivity contribution in [3.63, 3.8) is 0 Å². The fraction of sp³-hybridized carbons (Fsp3) is 0.353. The molecule has 0 aliphatic rings. The molecule has 2 aromatic rings. The lowest BCUT2D eigenvalue weighted by Crippen LogP contribution is -2.02. The van der Waals surface area contributed by atoms with E-state index in [-0.39, 0.29) is 6.61 Å². The molecule has 0 saturated heterocycles. The number of thioether (sulfide) groups is 1. The SMILES string of the molecule is CCOc1ccc(CNc2cc(CSCCO)ccn2)cc1. The molecule has 0 aliphatic heterocycles. The van der Waals surface area contributed by atoms with Gasteiger partial charge in [0.05, 0.1) is 13.2 Å². The molecule has 0 spiro atoms. The van der Waals surface area contributed by atoms with Crippen LogP contribution in [0, 0.1) is 0 Å². The number of hydrogen-bond donors (Lipinski definition) is 2. The minimum Gasteiger partial charge on any atom is -0.494 e. The van der Waals surface area contributed by atoms with Crippen LogP contribution in [0.1, 0.15) is 18.1 Å². The first-order valence-corrected chi connectivity index (χ1v) is 8.56. The van der Waals surface area contributed by atoms with Crippen molar-refractivity contribution < 1.29 is 9.84 Å². The summed E-state index contributed by atoms with van der Waals surface area (Å²) in [6.45, 7) is 3.61. The Morgan fingerprint density at radius 1 is 1.18 bits per heavy atom. The van der Waals surface area contributed by atoms with Crippen LogP contribution >= 0.6 is 11.8 Å². The van der Waals surface area contributed by atoms with Crippen LogP contribution in [-0.4, -0.2) is 29.1 Å². The summed E-state index contributed by atoms with van der Waals surface area (Å²) in [5, 5.41) is 12.1. The fourth-order valence-corrected chi connectivity index (χ4v) is 2.67. The maximum absolute atomic E-state index is 8.81. The van der Waals surface area contributed by atoms with Crippen molar-refractivity contribution in [3.05, 3.63) is 53.7 Å². The number of aromatic nitrogens is 1. The quantitative estimate of drug-likeness (QED) is 0.695. The summed E-state index contributed by atoms with van der Waals surface area (Å²) in [6, 6.07) is 12.1.